The normalized spacial score (nSPS) is 9.93. The first-order valence-electron chi connectivity index (χ1n) is 4.20. The van der Waals surface area contributed by atoms with Crippen molar-refractivity contribution in [3.63, 3.8) is 0 Å². The van der Waals surface area contributed by atoms with E-state index in [-0.39, 0.29) is 17.0 Å². The van der Waals surface area contributed by atoms with Crippen LogP contribution in [0.15, 0.2) is 21.5 Å². The first-order valence-corrected chi connectivity index (χ1v) is 5.00. The number of carbonyl (C=O) groups excluding carboxylic acids is 1. The number of halogens is 1. The molecule has 0 unspecified atom stereocenters. The first kappa shape index (κ1) is 11.0. The maximum Gasteiger partial charge on any atom is 0.263 e. The Morgan fingerprint density at radius 2 is 2.29 bits per heavy atom. The summed E-state index contributed by atoms with van der Waals surface area (Å²) in [5, 5.41) is 2.58. The Morgan fingerprint density at radius 3 is 2.86 bits per heavy atom. The molecule has 5 heteroatoms. The monoisotopic (exact) mass is 258 g/mol. The van der Waals surface area contributed by atoms with E-state index in [0.717, 1.165) is 0 Å². The average Bonchev–Trinajstić information content (AvgIpc) is 2.11. The first-order chi connectivity index (χ1) is 6.56. The number of nitrogens with zero attached hydrogens (tertiary/aromatic N) is 1. The fraction of sp³-hybridized carbons (Fsp3) is 0.333. The van der Waals surface area contributed by atoms with Crippen molar-refractivity contribution in [3.8, 4) is 0 Å². The highest BCUT2D eigenvalue weighted by Gasteiger charge is 2.10. The van der Waals surface area contributed by atoms with Gasteiger partial charge in [-0.25, -0.2) is 0 Å². The molecule has 1 aromatic rings. The molecule has 0 aliphatic rings. The van der Waals surface area contributed by atoms with Gasteiger partial charge in [0.25, 0.3) is 11.5 Å². The molecule has 14 heavy (non-hydrogen) atoms. The van der Waals surface area contributed by atoms with E-state index in [9.17, 15) is 9.59 Å². The topological polar surface area (TPSA) is 51.1 Å². The van der Waals surface area contributed by atoms with Crippen LogP contribution < -0.4 is 10.9 Å². The zero-order valence-electron chi connectivity index (χ0n) is 8.00. The number of hydrogen-bond acceptors (Lipinski definition) is 2. The second-order valence-corrected chi connectivity index (χ2v) is 3.76. The van der Waals surface area contributed by atoms with Gasteiger partial charge in [0, 0.05) is 24.3 Å². The zero-order valence-corrected chi connectivity index (χ0v) is 9.59. The second-order valence-electron chi connectivity index (χ2n) is 2.85. The third kappa shape index (κ3) is 2.23. The van der Waals surface area contributed by atoms with E-state index in [1.807, 2.05) is 0 Å². The van der Waals surface area contributed by atoms with Crippen LogP contribution in [-0.2, 0) is 7.05 Å². The maximum atomic E-state index is 11.5. The maximum absolute atomic E-state index is 11.5. The molecule has 76 valence electrons. The second kappa shape index (κ2) is 4.41. The van der Waals surface area contributed by atoms with E-state index >= 15 is 0 Å². The van der Waals surface area contributed by atoms with Crippen LogP contribution >= 0.6 is 15.9 Å². The van der Waals surface area contributed by atoms with Gasteiger partial charge in [0.15, 0.2) is 0 Å². The van der Waals surface area contributed by atoms with Gasteiger partial charge in [-0.3, -0.25) is 9.59 Å². The Balaban J connectivity index is 3.21. The number of aromatic nitrogens is 1. The van der Waals surface area contributed by atoms with Gasteiger partial charge in [0.1, 0.15) is 5.56 Å². The van der Waals surface area contributed by atoms with E-state index in [1.165, 1.54) is 10.6 Å². The molecule has 1 rings (SSSR count). The molecule has 0 saturated carbocycles. The average molecular weight is 259 g/mol. The van der Waals surface area contributed by atoms with Gasteiger partial charge in [-0.1, -0.05) is 0 Å². The molecule has 0 saturated heterocycles. The molecule has 0 atom stereocenters. The third-order valence-corrected chi connectivity index (χ3v) is 2.17. The Kier molecular flexibility index (Phi) is 3.46. The fourth-order valence-electron chi connectivity index (χ4n) is 1.09. The van der Waals surface area contributed by atoms with E-state index < -0.39 is 0 Å². The van der Waals surface area contributed by atoms with Crippen LogP contribution in [0.5, 0.6) is 0 Å². The van der Waals surface area contributed by atoms with Crippen LogP contribution in [0.4, 0.5) is 0 Å². The van der Waals surface area contributed by atoms with Crippen molar-refractivity contribution < 1.29 is 4.79 Å². The highest BCUT2D eigenvalue weighted by molar-refractivity contribution is 9.10. The molecule has 0 radical (unpaired) electrons. The molecule has 0 bridgehead atoms. The lowest BCUT2D eigenvalue weighted by Crippen LogP contribution is -2.31. The standard InChI is InChI=1S/C9H11BrN2O2/c1-3-11-8(13)7-4-6(10)5-12(2)9(7)14/h4-5H,3H2,1-2H3,(H,11,13). The Morgan fingerprint density at radius 1 is 1.64 bits per heavy atom. The van der Waals surface area contributed by atoms with Gasteiger partial charge in [-0.15, -0.1) is 0 Å². The van der Waals surface area contributed by atoms with Crippen molar-refractivity contribution >= 4 is 21.8 Å². The highest BCUT2D eigenvalue weighted by Crippen LogP contribution is 2.07. The van der Waals surface area contributed by atoms with Gasteiger partial charge >= 0.3 is 0 Å². The summed E-state index contributed by atoms with van der Waals surface area (Å²) in [4.78, 5) is 22.9. The summed E-state index contributed by atoms with van der Waals surface area (Å²) in [7, 11) is 1.61. The molecule has 1 N–H and O–H groups in total. The zero-order chi connectivity index (χ0) is 10.7. The number of pyridine rings is 1. The van der Waals surface area contributed by atoms with Crippen molar-refractivity contribution in [1.29, 1.82) is 0 Å². The Bertz CT molecular complexity index is 412. The third-order valence-electron chi connectivity index (χ3n) is 1.73. The van der Waals surface area contributed by atoms with Gasteiger partial charge in [0.2, 0.25) is 0 Å². The summed E-state index contributed by atoms with van der Waals surface area (Å²) in [6, 6.07) is 1.52. The molecule has 0 aromatic carbocycles. The number of amides is 1. The van der Waals surface area contributed by atoms with Gasteiger partial charge < -0.3 is 9.88 Å². The Hall–Kier alpha value is -1.10. The summed E-state index contributed by atoms with van der Waals surface area (Å²) in [5.41, 5.74) is -0.136. The number of aryl methyl sites for hydroxylation is 1. The van der Waals surface area contributed by atoms with E-state index in [1.54, 1.807) is 20.2 Å². The largest absolute Gasteiger partial charge is 0.352 e. The van der Waals surface area contributed by atoms with E-state index in [4.69, 9.17) is 0 Å². The smallest absolute Gasteiger partial charge is 0.263 e. The van der Waals surface area contributed by atoms with E-state index in [2.05, 4.69) is 21.2 Å². The molecule has 4 nitrogen and oxygen atoms in total. The Labute approximate surface area is 90.1 Å². The summed E-state index contributed by atoms with van der Waals surface area (Å²) in [5.74, 6) is -0.339. The van der Waals surface area contributed by atoms with Crippen molar-refractivity contribution in [2.24, 2.45) is 7.05 Å². The molecular formula is C9H11BrN2O2. The minimum atomic E-state index is -0.339. The lowest BCUT2D eigenvalue weighted by Gasteiger charge is -2.04. The fourth-order valence-corrected chi connectivity index (χ4v) is 1.63. The van der Waals surface area contributed by atoms with Crippen molar-refractivity contribution in [2.75, 3.05) is 6.54 Å². The number of carbonyl (C=O) groups is 1. The molecule has 0 aliphatic carbocycles. The predicted octanol–water partition coefficient (Wildman–Crippen LogP) is 0.897. The van der Waals surface area contributed by atoms with Crippen molar-refractivity contribution in [2.45, 2.75) is 6.92 Å². The van der Waals surface area contributed by atoms with Crippen molar-refractivity contribution in [1.82, 2.24) is 9.88 Å². The molecular weight excluding hydrogens is 248 g/mol. The van der Waals surface area contributed by atoms with Crippen LogP contribution in [0.1, 0.15) is 17.3 Å². The summed E-state index contributed by atoms with van der Waals surface area (Å²) >= 11 is 3.23. The highest BCUT2D eigenvalue weighted by atomic mass is 79.9. The molecule has 0 aliphatic heterocycles. The van der Waals surface area contributed by atoms with Crippen molar-refractivity contribution in [3.05, 3.63) is 32.7 Å². The minimum Gasteiger partial charge on any atom is -0.352 e. The summed E-state index contributed by atoms with van der Waals surface area (Å²) in [6.45, 7) is 2.31. The molecule has 1 aromatic heterocycles. The number of nitrogens with one attached hydrogen (secondary N) is 1. The number of rotatable bonds is 2. The predicted molar refractivity (Wildman–Crippen MR) is 57.4 cm³/mol. The molecule has 1 amide bonds. The summed E-state index contributed by atoms with van der Waals surface area (Å²) < 4.78 is 2.08. The van der Waals surface area contributed by atoms with Gasteiger partial charge in [-0.05, 0) is 28.9 Å². The minimum absolute atomic E-state index is 0.156. The van der Waals surface area contributed by atoms with Gasteiger partial charge in [-0.2, -0.15) is 0 Å². The molecule has 1 heterocycles. The molecule has 0 fully saturated rings. The van der Waals surface area contributed by atoms with Crippen LogP contribution in [-0.4, -0.2) is 17.0 Å². The van der Waals surface area contributed by atoms with Gasteiger partial charge in [0.05, 0.1) is 0 Å². The summed E-state index contributed by atoms with van der Waals surface area (Å²) in [6.07, 6.45) is 1.62. The lowest BCUT2D eigenvalue weighted by atomic mass is 10.2. The SMILES string of the molecule is CCNC(=O)c1cc(Br)cn(C)c1=O. The van der Waals surface area contributed by atoms with Crippen LogP contribution in [0.2, 0.25) is 0 Å². The van der Waals surface area contributed by atoms with E-state index in [0.29, 0.717) is 11.0 Å². The number of hydrogen-bond donors (Lipinski definition) is 1. The van der Waals surface area contributed by atoms with Crippen LogP contribution in [0, 0.1) is 0 Å². The molecule has 0 spiro atoms. The lowest BCUT2D eigenvalue weighted by molar-refractivity contribution is 0.0953. The van der Waals surface area contributed by atoms with Crippen LogP contribution in [0.25, 0.3) is 0 Å². The quantitative estimate of drug-likeness (QED) is 0.857. The van der Waals surface area contributed by atoms with Crippen LogP contribution in [0.3, 0.4) is 0 Å².